The van der Waals surface area contributed by atoms with E-state index in [0.29, 0.717) is 0 Å². The molecule has 13 heavy (non-hydrogen) atoms. The summed E-state index contributed by atoms with van der Waals surface area (Å²) in [6, 6.07) is 6.22. The molecule has 1 heterocycles. The second-order valence-electron chi connectivity index (χ2n) is 3.70. The Balaban J connectivity index is 2.41. The van der Waals surface area contributed by atoms with Crippen molar-refractivity contribution in [1.82, 2.24) is 4.90 Å². The van der Waals surface area contributed by atoms with E-state index in [4.69, 9.17) is 5.11 Å². The zero-order chi connectivity index (χ0) is 9.26. The average molecular weight is 177 g/mol. The molecule has 0 aliphatic carbocycles. The fourth-order valence-corrected chi connectivity index (χ4v) is 1.93. The van der Waals surface area contributed by atoms with Crippen LogP contribution < -0.4 is 0 Å². The SMILES string of the molecule is CN1CCc2cccc(CO)c2C1. The minimum Gasteiger partial charge on any atom is -0.392 e. The van der Waals surface area contributed by atoms with Crippen LogP contribution in [0, 0.1) is 0 Å². The lowest BCUT2D eigenvalue weighted by atomic mass is 9.95. The van der Waals surface area contributed by atoms with E-state index in [-0.39, 0.29) is 6.61 Å². The third-order valence-electron chi connectivity index (χ3n) is 2.73. The molecular weight excluding hydrogens is 162 g/mol. The van der Waals surface area contributed by atoms with E-state index in [0.717, 1.165) is 25.1 Å². The monoisotopic (exact) mass is 177 g/mol. The van der Waals surface area contributed by atoms with Gasteiger partial charge in [0.2, 0.25) is 0 Å². The molecule has 0 bridgehead atoms. The lowest BCUT2D eigenvalue weighted by Crippen LogP contribution is -2.27. The van der Waals surface area contributed by atoms with Crippen LogP contribution in [0.1, 0.15) is 16.7 Å². The van der Waals surface area contributed by atoms with Gasteiger partial charge in [0.1, 0.15) is 0 Å². The zero-order valence-electron chi connectivity index (χ0n) is 7.95. The maximum Gasteiger partial charge on any atom is 0.0685 e. The number of aliphatic hydroxyl groups excluding tert-OH is 1. The largest absolute Gasteiger partial charge is 0.392 e. The van der Waals surface area contributed by atoms with Crippen LogP contribution >= 0.6 is 0 Å². The molecule has 2 rings (SSSR count). The Kier molecular flexibility index (Phi) is 2.34. The van der Waals surface area contributed by atoms with E-state index in [1.807, 2.05) is 12.1 Å². The van der Waals surface area contributed by atoms with Crippen molar-refractivity contribution in [3.8, 4) is 0 Å². The first-order valence-electron chi connectivity index (χ1n) is 4.70. The molecule has 1 aliphatic rings. The van der Waals surface area contributed by atoms with E-state index < -0.39 is 0 Å². The predicted molar refractivity (Wildman–Crippen MR) is 52.4 cm³/mol. The minimum atomic E-state index is 0.164. The fourth-order valence-electron chi connectivity index (χ4n) is 1.93. The second kappa shape index (κ2) is 3.48. The van der Waals surface area contributed by atoms with Gasteiger partial charge in [-0.1, -0.05) is 18.2 Å². The van der Waals surface area contributed by atoms with Gasteiger partial charge in [-0.2, -0.15) is 0 Å². The molecule has 0 radical (unpaired) electrons. The average Bonchev–Trinajstić information content (AvgIpc) is 2.17. The van der Waals surface area contributed by atoms with Crippen molar-refractivity contribution in [3.63, 3.8) is 0 Å². The molecule has 2 nitrogen and oxygen atoms in total. The van der Waals surface area contributed by atoms with Crippen molar-refractivity contribution in [2.24, 2.45) is 0 Å². The van der Waals surface area contributed by atoms with Gasteiger partial charge in [0.15, 0.2) is 0 Å². The molecule has 2 heteroatoms. The van der Waals surface area contributed by atoms with Gasteiger partial charge in [-0.15, -0.1) is 0 Å². The van der Waals surface area contributed by atoms with Gasteiger partial charge in [0, 0.05) is 13.1 Å². The summed E-state index contributed by atoms with van der Waals surface area (Å²) >= 11 is 0. The number of fused-ring (bicyclic) bond motifs is 1. The molecule has 0 fully saturated rings. The number of nitrogens with zero attached hydrogens (tertiary/aromatic N) is 1. The van der Waals surface area contributed by atoms with Crippen LogP contribution in [0.4, 0.5) is 0 Å². The van der Waals surface area contributed by atoms with Crippen molar-refractivity contribution in [2.45, 2.75) is 19.6 Å². The van der Waals surface area contributed by atoms with Crippen LogP contribution in [0.2, 0.25) is 0 Å². The lowest BCUT2D eigenvalue weighted by molar-refractivity contribution is 0.270. The summed E-state index contributed by atoms with van der Waals surface area (Å²) in [5.41, 5.74) is 3.83. The van der Waals surface area contributed by atoms with Crippen LogP contribution in [0.25, 0.3) is 0 Å². The molecular formula is C11H15NO. The van der Waals surface area contributed by atoms with Gasteiger partial charge in [-0.3, -0.25) is 0 Å². The summed E-state index contributed by atoms with van der Waals surface area (Å²) in [6.45, 7) is 2.27. The third kappa shape index (κ3) is 1.60. The molecule has 0 aromatic heterocycles. The minimum absolute atomic E-state index is 0.164. The summed E-state index contributed by atoms with van der Waals surface area (Å²) in [4.78, 5) is 2.29. The number of hydrogen-bond acceptors (Lipinski definition) is 2. The molecule has 0 atom stereocenters. The predicted octanol–water partition coefficient (Wildman–Crippen LogP) is 1.17. The number of hydrogen-bond donors (Lipinski definition) is 1. The van der Waals surface area contributed by atoms with Crippen molar-refractivity contribution >= 4 is 0 Å². The topological polar surface area (TPSA) is 23.5 Å². The second-order valence-corrected chi connectivity index (χ2v) is 3.70. The van der Waals surface area contributed by atoms with Gasteiger partial charge < -0.3 is 10.0 Å². The maximum atomic E-state index is 9.16. The molecule has 1 aromatic rings. The summed E-state index contributed by atoms with van der Waals surface area (Å²) < 4.78 is 0. The molecule has 0 amide bonds. The molecule has 0 spiro atoms. The first-order chi connectivity index (χ1) is 6.31. The molecule has 1 aromatic carbocycles. The number of benzene rings is 1. The van der Waals surface area contributed by atoms with Crippen LogP contribution in [0.15, 0.2) is 18.2 Å². The van der Waals surface area contributed by atoms with Gasteiger partial charge in [0.05, 0.1) is 6.61 Å². The smallest absolute Gasteiger partial charge is 0.0685 e. The van der Waals surface area contributed by atoms with Crippen LogP contribution in [0.3, 0.4) is 0 Å². The van der Waals surface area contributed by atoms with E-state index >= 15 is 0 Å². The zero-order valence-corrected chi connectivity index (χ0v) is 7.95. The number of rotatable bonds is 1. The highest BCUT2D eigenvalue weighted by Gasteiger charge is 2.15. The molecule has 70 valence electrons. The summed E-state index contributed by atoms with van der Waals surface area (Å²) in [6.07, 6.45) is 1.11. The van der Waals surface area contributed by atoms with E-state index in [2.05, 4.69) is 18.0 Å². The molecule has 0 saturated heterocycles. The highest BCUT2D eigenvalue weighted by Crippen LogP contribution is 2.21. The van der Waals surface area contributed by atoms with E-state index in [1.165, 1.54) is 11.1 Å². The van der Waals surface area contributed by atoms with Gasteiger partial charge in [-0.05, 0) is 30.2 Å². The van der Waals surface area contributed by atoms with Crippen molar-refractivity contribution < 1.29 is 5.11 Å². The van der Waals surface area contributed by atoms with Crippen LogP contribution in [-0.2, 0) is 19.6 Å². The standard InChI is InChI=1S/C11H15NO/c1-12-6-5-9-3-2-4-10(8-13)11(9)7-12/h2-4,13H,5-8H2,1H3. The van der Waals surface area contributed by atoms with E-state index in [9.17, 15) is 0 Å². The Bertz CT molecular complexity index is 295. The summed E-state index contributed by atoms with van der Waals surface area (Å²) in [7, 11) is 2.12. The Morgan fingerprint density at radius 2 is 2.31 bits per heavy atom. The fraction of sp³-hybridized carbons (Fsp3) is 0.455. The van der Waals surface area contributed by atoms with Crippen molar-refractivity contribution in [3.05, 3.63) is 34.9 Å². The Morgan fingerprint density at radius 3 is 3.08 bits per heavy atom. The summed E-state index contributed by atoms with van der Waals surface area (Å²) in [5, 5.41) is 9.16. The van der Waals surface area contributed by atoms with Crippen LogP contribution in [-0.4, -0.2) is 23.6 Å². The quantitative estimate of drug-likeness (QED) is 0.696. The van der Waals surface area contributed by atoms with Crippen molar-refractivity contribution in [2.75, 3.05) is 13.6 Å². The number of likely N-dealkylation sites (N-methyl/N-ethyl adjacent to an activating group) is 1. The lowest BCUT2D eigenvalue weighted by Gasteiger charge is -2.26. The Labute approximate surface area is 78.8 Å². The molecule has 0 unspecified atom stereocenters. The van der Waals surface area contributed by atoms with Gasteiger partial charge >= 0.3 is 0 Å². The highest BCUT2D eigenvalue weighted by molar-refractivity contribution is 5.36. The molecule has 1 aliphatic heterocycles. The summed E-state index contributed by atoms with van der Waals surface area (Å²) in [5.74, 6) is 0. The normalized spacial score (nSPS) is 17.1. The van der Waals surface area contributed by atoms with E-state index in [1.54, 1.807) is 0 Å². The number of aliphatic hydroxyl groups is 1. The first kappa shape index (κ1) is 8.73. The Morgan fingerprint density at radius 1 is 1.46 bits per heavy atom. The van der Waals surface area contributed by atoms with Gasteiger partial charge in [0.25, 0.3) is 0 Å². The Hall–Kier alpha value is -0.860. The third-order valence-corrected chi connectivity index (χ3v) is 2.73. The molecule has 1 N–H and O–H groups in total. The van der Waals surface area contributed by atoms with Crippen LogP contribution in [0.5, 0.6) is 0 Å². The van der Waals surface area contributed by atoms with Gasteiger partial charge in [-0.25, -0.2) is 0 Å². The first-order valence-corrected chi connectivity index (χ1v) is 4.70. The van der Waals surface area contributed by atoms with Crippen molar-refractivity contribution in [1.29, 1.82) is 0 Å². The maximum absolute atomic E-state index is 9.16. The highest BCUT2D eigenvalue weighted by atomic mass is 16.3. The molecule has 0 saturated carbocycles.